The van der Waals surface area contributed by atoms with Gasteiger partial charge in [-0.05, 0) is 10.7 Å². The Morgan fingerprint density at radius 1 is 1.80 bits per heavy atom. The van der Waals surface area contributed by atoms with Crippen LogP contribution in [0.1, 0.15) is 0 Å². The van der Waals surface area contributed by atoms with Crippen LogP contribution in [0.3, 0.4) is 0 Å². The van der Waals surface area contributed by atoms with E-state index in [1.54, 1.807) is 0 Å². The van der Waals surface area contributed by atoms with E-state index in [1.807, 2.05) is 0 Å². The van der Waals surface area contributed by atoms with Crippen molar-refractivity contribution in [3.05, 3.63) is 0 Å². The summed E-state index contributed by atoms with van der Waals surface area (Å²) in [5.41, 5.74) is 0. The van der Waals surface area contributed by atoms with Crippen LogP contribution in [-0.2, 0) is 10.0 Å². The summed E-state index contributed by atoms with van der Waals surface area (Å²) in [4.78, 5) is 0. The zero-order valence-corrected chi connectivity index (χ0v) is 4.61. The van der Waals surface area contributed by atoms with Crippen LogP contribution in [0.25, 0.3) is 0 Å². The van der Waals surface area contributed by atoms with Gasteiger partial charge in [0.25, 0.3) is 0 Å². The Kier molecular flexibility index (Phi) is 3.37. The molecule has 1 atom stereocenters. The van der Waals surface area contributed by atoms with Gasteiger partial charge in [0.2, 0.25) is 0 Å². The molecular weight excluding hydrogens is 131 g/mol. The molecular formula is CH2Cl2OS. The lowest BCUT2D eigenvalue weighted by molar-refractivity contribution is 0.693. The van der Waals surface area contributed by atoms with Gasteiger partial charge in [-0.2, -0.15) is 0 Å². The zero-order valence-electron chi connectivity index (χ0n) is 2.28. The van der Waals surface area contributed by atoms with Crippen LogP contribution >= 0.6 is 22.3 Å². The highest BCUT2D eigenvalue weighted by Gasteiger charge is 1.80. The maximum atomic E-state index is 9.56. The predicted molar refractivity (Wildman–Crippen MR) is 24.7 cm³/mol. The molecule has 0 radical (unpaired) electrons. The standard InChI is InChI=1S/CH2Cl2OS/c2-1-5(3)4/h1H2. The van der Waals surface area contributed by atoms with Crippen molar-refractivity contribution in [2.45, 2.75) is 0 Å². The van der Waals surface area contributed by atoms with Crippen molar-refractivity contribution in [2.24, 2.45) is 0 Å². The minimum absolute atomic E-state index is 0.0154. The third-order valence-electron chi connectivity index (χ3n) is 0.0858. The van der Waals surface area contributed by atoms with Gasteiger partial charge in [0.1, 0.15) is 15.2 Å². The van der Waals surface area contributed by atoms with Gasteiger partial charge in [-0.1, -0.05) is 0 Å². The molecule has 1 nitrogen and oxygen atoms in total. The first-order chi connectivity index (χ1) is 2.27. The summed E-state index contributed by atoms with van der Waals surface area (Å²) < 4.78 is 9.56. The van der Waals surface area contributed by atoms with Crippen molar-refractivity contribution in [1.29, 1.82) is 0 Å². The van der Waals surface area contributed by atoms with Crippen LogP contribution in [0.2, 0.25) is 0 Å². The highest BCUT2D eigenvalue weighted by Crippen LogP contribution is 1.88. The second-order valence-corrected chi connectivity index (χ2v) is 2.88. The van der Waals surface area contributed by atoms with Crippen LogP contribution in [0.15, 0.2) is 0 Å². The fourth-order valence-corrected chi connectivity index (χ4v) is 0. The molecule has 0 amide bonds. The summed E-state index contributed by atoms with van der Waals surface area (Å²) in [5, 5.41) is 0.0154. The molecule has 0 aromatic carbocycles. The second kappa shape index (κ2) is 2.94. The first-order valence-corrected chi connectivity index (χ1v) is 3.56. The van der Waals surface area contributed by atoms with Crippen LogP contribution in [0.4, 0.5) is 0 Å². The summed E-state index contributed by atoms with van der Waals surface area (Å²) in [5.74, 6) is 0. The Balaban J connectivity index is 2.85. The van der Waals surface area contributed by atoms with Crippen molar-refractivity contribution >= 4 is 32.3 Å². The maximum absolute atomic E-state index is 9.56. The molecule has 0 spiro atoms. The van der Waals surface area contributed by atoms with E-state index in [2.05, 4.69) is 0 Å². The van der Waals surface area contributed by atoms with E-state index in [9.17, 15) is 4.21 Å². The van der Waals surface area contributed by atoms with E-state index in [0.717, 1.165) is 0 Å². The van der Waals surface area contributed by atoms with E-state index >= 15 is 0 Å². The Hall–Kier alpha value is 0.730. The quantitative estimate of drug-likeness (QED) is 0.386. The highest BCUT2D eigenvalue weighted by atomic mass is 35.7. The Morgan fingerprint density at radius 3 is 2.00 bits per heavy atom. The molecule has 0 bridgehead atoms. The molecule has 0 aromatic heterocycles. The predicted octanol–water partition coefficient (Wildman–Crippen LogP) is 1.09. The summed E-state index contributed by atoms with van der Waals surface area (Å²) in [7, 11) is 3.47. The molecule has 0 aromatic rings. The Bertz CT molecular complexity index is 44.9. The minimum atomic E-state index is -1.33. The topological polar surface area (TPSA) is 17.1 Å². The van der Waals surface area contributed by atoms with Crippen LogP contribution < -0.4 is 0 Å². The van der Waals surface area contributed by atoms with E-state index in [-0.39, 0.29) is 5.21 Å². The van der Waals surface area contributed by atoms with Crippen molar-refractivity contribution in [3.63, 3.8) is 0 Å². The normalized spacial score (nSPS) is 14.8. The van der Waals surface area contributed by atoms with Gasteiger partial charge in [0, 0.05) is 0 Å². The molecule has 0 rings (SSSR count). The lowest BCUT2D eigenvalue weighted by Crippen LogP contribution is -1.71. The van der Waals surface area contributed by atoms with Crippen LogP contribution in [0.5, 0.6) is 0 Å². The molecule has 0 aliphatic carbocycles. The molecule has 0 heterocycles. The smallest absolute Gasteiger partial charge is 0.130 e. The van der Waals surface area contributed by atoms with Gasteiger partial charge in [-0.3, -0.25) is 0 Å². The van der Waals surface area contributed by atoms with Gasteiger partial charge in [0.05, 0.1) is 0 Å². The molecule has 4 heteroatoms. The van der Waals surface area contributed by atoms with Crippen molar-refractivity contribution < 1.29 is 4.21 Å². The average molecular weight is 133 g/mol. The molecule has 0 N–H and O–H groups in total. The summed E-state index contributed by atoms with van der Waals surface area (Å²) >= 11 is 4.90. The SMILES string of the molecule is O=S(Cl)CCl. The number of hydrogen-bond acceptors (Lipinski definition) is 1. The minimum Gasteiger partial charge on any atom is -0.241 e. The fourth-order valence-electron chi connectivity index (χ4n) is 0. The molecule has 0 fully saturated rings. The van der Waals surface area contributed by atoms with Crippen molar-refractivity contribution in [1.82, 2.24) is 0 Å². The molecule has 1 unspecified atom stereocenters. The summed E-state index contributed by atoms with van der Waals surface area (Å²) in [6.45, 7) is 0. The van der Waals surface area contributed by atoms with E-state index in [0.29, 0.717) is 0 Å². The van der Waals surface area contributed by atoms with Gasteiger partial charge in [-0.25, -0.2) is 4.21 Å². The first kappa shape index (κ1) is 5.73. The van der Waals surface area contributed by atoms with Crippen molar-refractivity contribution in [2.75, 3.05) is 5.21 Å². The number of hydrogen-bond donors (Lipinski definition) is 0. The number of rotatable bonds is 1. The molecule has 32 valence electrons. The molecule has 0 saturated carbocycles. The zero-order chi connectivity index (χ0) is 4.28. The van der Waals surface area contributed by atoms with Gasteiger partial charge >= 0.3 is 0 Å². The first-order valence-electron chi connectivity index (χ1n) is 0.877. The second-order valence-electron chi connectivity index (χ2n) is 0.399. The van der Waals surface area contributed by atoms with Gasteiger partial charge in [-0.15, -0.1) is 11.6 Å². The average Bonchev–Trinajstić information content (AvgIpc) is 1.38. The van der Waals surface area contributed by atoms with Crippen LogP contribution in [0, 0.1) is 0 Å². The lowest BCUT2D eigenvalue weighted by atomic mass is 11.9. The maximum Gasteiger partial charge on any atom is 0.130 e. The fraction of sp³-hybridized carbons (Fsp3) is 1.00. The third-order valence-corrected chi connectivity index (χ3v) is 1.51. The summed E-state index contributed by atoms with van der Waals surface area (Å²) in [6.07, 6.45) is 0. The Labute approximate surface area is 42.2 Å². The van der Waals surface area contributed by atoms with E-state index in [1.165, 1.54) is 0 Å². The van der Waals surface area contributed by atoms with Crippen molar-refractivity contribution in [3.8, 4) is 0 Å². The number of alkyl halides is 1. The van der Waals surface area contributed by atoms with E-state index < -0.39 is 10.0 Å². The molecule has 5 heavy (non-hydrogen) atoms. The Morgan fingerprint density at radius 2 is 2.00 bits per heavy atom. The van der Waals surface area contributed by atoms with Gasteiger partial charge in [0.15, 0.2) is 0 Å². The monoisotopic (exact) mass is 132 g/mol. The van der Waals surface area contributed by atoms with Gasteiger partial charge < -0.3 is 0 Å². The lowest BCUT2D eigenvalue weighted by Gasteiger charge is -1.68. The molecule has 0 aliphatic heterocycles. The summed E-state index contributed by atoms with van der Waals surface area (Å²) in [6, 6.07) is 0. The number of halogens is 2. The largest absolute Gasteiger partial charge is 0.241 e. The third kappa shape index (κ3) is 4.73. The van der Waals surface area contributed by atoms with E-state index in [4.69, 9.17) is 22.3 Å². The van der Waals surface area contributed by atoms with Crippen LogP contribution in [-0.4, -0.2) is 9.42 Å². The highest BCUT2D eigenvalue weighted by molar-refractivity contribution is 8.09. The molecule has 0 aliphatic rings. The molecule has 0 saturated heterocycles.